The van der Waals surface area contributed by atoms with Crippen molar-refractivity contribution in [2.45, 2.75) is 13.2 Å². The third-order valence-electron chi connectivity index (χ3n) is 2.75. The first-order valence-corrected chi connectivity index (χ1v) is 6.38. The number of para-hydroxylation sites is 1. The summed E-state index contributed by atoms with van der Waals surface area (Å²) in [6.07, 6.45) is 0. The minimum Gasteiger partial charge on any atom is -0.487 e. The Balaban J connectivity index is 2.17. The lowest BCUT2D eigenvalue weighted by Gasteiger charge is -2.13. The molecule has 0 bridgehead atoms. The van der Waals surface area contributed by atoms with E-state index in [9.17, 15) is 4.39 Å². The molecule has 0 saturated heterocycles. The van der Waals surface area contributed by atoms with Crippen molar-refractivity contribution < 1.29 is 9.13 Å². The van der Waals surface area contributed by atoms with Gasteiger partial charge in [0, 0.05) is 17.7 Å². The number of rotatable bonds is 5. The summed E-state index contributed by atoms with van der Waals surface area (Å²) in [5, 5.41) is 3.58. The van der Waals surface area contributed by atoms with E-state index in [1.807, 2.05) is 19.2 Å². The number of hydrogen-bond donors (Lipinski definition) is 1. The van der Waals surface area contributed by atoms with Crippen LogP contribution >= 0.6 is 11.6 Å². The van der Waals surface area contributed by atoms with Gasteiger partial charge in [0.2, 0.25) is 0 Å². The molecule has 0 unspecified atom stereocenters. The van der Waals surface area contributed by atoms with Crippen molar-refractivity contribution in [1.29, 1.82) is 0 Å². The topological polar surface area (TPSA) is 21.3 Å². The molecule has 1 N–H and O–H groups in total. The van der Waals surface area contributed by atoms with Crippen molar-refractivity contribution in [3.05, 3.63) is 64.4 Å². The van der Waals surface area contributed by atoms with Crippen LogP contribution in [-0.2, 0) is 13.2 Å². The molecule has 4 heteroatoms. The summed E-state index contributed by atoms with van der Waals surface area (Å²) in [5.74, 6) is 0.325. The zero-order valence-corrected chi connectivity index (χ0v) is 11.4. The molecular weight excluding hydrogens is 265 g/mol. The molecule has 19 heavy (non-hydrogen) atoms. The van der Waals surface area contributed by atoms with Crippen molar-refractivity contribution in [1.82, 2.24) is 5.32 Å². The van der Waals surface area contributed by atoms with Crippen LogP contribution in [0, 0.1) is 5.82 Å². The lowest BCUT2D eigenvalue weighted by atomic mass is 10.2. The Morgan fingerprint density at radius 3 is 2.58 bits per heavy atom. The fraction of sp³-hybridized carbons (Fsp3) is 0.200. The van der Waals surface area contributed by atoms with Crippen LogP contribution in [0.1, 0.15) is 11.1 Å². The molecule has 0 atom stereocenters. The largest absolute Gasteiger partial charge is 0.487 e. The first-order chi connectivity index (χ1) is 9.22. The standard InChI is InChI=1S/C15H15ClFNO/c1-18-9-11-6-4-7-13(16)15(11)19-10-12-5-2-3-8-14(12)17/h2-8,18H,9-10H2,1H3. The molecule has 0 amide bonds. The quantitative estimate of drug-likeness (QED) is 0.899. The van der Waals surface area contributed by atoms with Gasteiger partial charge in [-0.1, -0.05) is 41.9 Å². The Labute approximate surface area is 117 Å². The minimum absolute atomic E-state index is 0.160. The normalized spacial score (nSPS) is 10.5. The van der Waals surface area contributed by atoms with E-state index in [-0.39, 0.29) is 12.4 Å². The van der Waals surface area contributed by atoms with Gasteiger partial charge in [0.25, 0.3) is 0 Å². The zero-order valence-electron chi connectivity index (χ0n) is 10.6. The van der Waals surface area contributed by atoms with Gasteiger partial charge in [-0.15, -0.1) is 0 Å². The van der Waals surface area contributed by atoms with Crippen molar-refractivity contribution in [2.75, 3.05) is 7.05 Å². The number of hydrogen-bond acceptors (Lipinski definition) is 2. The first kappa shape index (κ1) is 13.8. The van der Waals surface area contributed by atoms with Crippen LogP contribution in [0.25, 0.3) is 0 Å². The van der Waals surface area contributed by atoms with Gasteiger partial charge in [-0.3, -0.25) is 0 Å². The Morgan fingerprint density at radius 1 is 1.11 bits per heavy atom. The maximum atomic E-state index is 13.5. The highest BCUT2D eigenvalue weighted by molar-refractivity contribution is 6.32. The predicted molar refractivity (Wildman–Crippen MR) is 74.9 cm³/mol. The molecule has 2 aromatic carbocycles. The molecule has 2 nitrogen and oxygen atoms in total. The summed E-state index contributed by atoms with van der Waals surface area (Å²) in [6, 6.07) is 12.1. The molecule has 0 spiro atoms. The molecule has 2 rings (SSSR count). The highest BCUT2D eigenvalue weighted by atomic mass is 35.5. The summed E-state index contributed by atoms with van der Waals surface area (Å²) in [7, 11) is 1.85. The zero-order chi connectivity index (χ0) is 13.7. The van der Waals surface area contributed by atoms with E-state index in [4.69, 9.17) is 16.3 Å². The Kier molecular flexibility index (Phi) is 4.77. The van der Waals surface area contributed by atoms with Gasteiger partial charge in [-0.2, -0.15) is 0 Å². The first-order valence-electron chi connectivity index (χ1n) is 6.00. The smallest absolute Gasteiger partial charge is 0.142 e. The van der Waals surface area contributed by atoms with Crippen LogP contribution in [0.2, 0.25) is 5.02 Å². The van der Waals surface area contributed by atoms with Crippen LogP contribution < -0.4 is 10.1 Å². The third kappa shape index (κ3) is 3.46. The minimum atomic E-state index is -0.273. The van der Waals surface area contributed by atoms with Gasteiger partial charge >= 0.3 is 0 Å². The third-order valence-corrected chi connectivity index (χ3v) is 3.04. The Hall–Kier alpha value is -1.58. The summed E-state index contributed by atoms with van der Waals surface area (Å²) < 4.78 is 19.2. The fourth-order valence-electron chi connectivity index (χ4n) is 1.81. The molecule has 0 aliphatic carbocycles. The van der Waals surface area contributed by atoms with Crippen LogP contribution in [0.5, 0.6) is 5.75 Å². The molecule has 2 aromatic rings. The van der Waals surface area contributed by atoms with E-state index in [1.54, 1.807) is 24.3 Å². The molecule has 0 saturated carbocycles. The fourth-order valence-corrected chi connectivity index (χ4v) is 2.06. The second kappa shape index (κ2) is 6.55. The molecule has 0 aliphatic rings. The number of nitrogens with one attached hydrogen (secondary N) is 1. The second-order valence-electron chi connectivity index (χ2n) is 4.14. The Bertz CT molecular complexity index is 560. The summed E-state index contributed by atoms with van der Waals surface area (Å²) in [6.45, 7) is 0.806. The van der Waals surface area contributed by atoms with Crippen molar-refractivity contribution in [3.8, 4) is 5.75 Å². The second-order valence-corrected chi connectivity index (χ2v) is 4.55. The highest BCUT2D eigenvalue weighted by Crippen LogP contribution is 2.29. The molecule has 100 valence electrons. The predicted octanol–water partition coefficient (Wildman–Crippen LogP) is 3.78. The highest BCUT2D eigenvalue weighted by Gasteiger charge is 2.09. The maximum Gasteiger partial charge on any atom is 0.142 e. The average molecular weight is 280 g/mol. The van der Waals surface area contributed by atoms with Crippen LogP contribution in [-0.4, -0.2) is 7.05 Å². The monoisotopic (exact) mass is 279 g/mol. The van der Waals surface area contributed by atoms with E-state index >= 15 is 0 Å². The van der Waals surface area contributed by atoms with Crippen molar-refractivity contribution >= 4 is 11.6 Å². The van der Waals surface area contributed by atoms with E-state index < -0.39 is 0 Å². The van der Waals surface area contributed by atoms with Gasteiger partial charge in [0.1, 0.15) is 18.2 Å². The summed E-state index contributed by atoms with van der Waals surface area (Å²) in [4.78, 5) is 0. The van der Waals surface area contributed by atoms with E-state index in [2.05, 4.69) is 5.32 Å². The lowest BCUT2D eigenvalue weighted by molar-refractivity contribution is 0.296. The van der Waals surface area contributed by atoms with E-state index in [1.165, 1.54) is 6.07 Å². The SMILES string of the molecule is CNCc1cccc(Cl)c1OCc1ccccc1F. The van der Waals surface area contributed by atoms with Crippen molar-refractivity contribution in [2.24, 2.45) is 0 Å². The summed E-state index contributed by atoms with van der Waals surface area (Å²) in [5.41, 5.74) is 1.46. The van der Waals surface area contributed by atoms with Crippen molar-refractivity contribution in [3.63, 3.8) is 0 Å². The van der Waals surface area contributed by atoms with Crippen LogP contribution in [0.15, 0.2) is 42.5 Å². The number of ether oxygens (including phenoxy) is 1. The van der Waals surface area contributed by atoms with E-state index in [0.29, 0.717) is 22.9 Å². The average Bonchev–Trinajstić information content (AvgIpc) is 2.40. The summed E-state index contributed by atoms with van der Waals surface area (Å²) >= 11 is 6.12. The molecule has 0 radical (unpaired) electrons. The molecule has 0 aromatic heterocycles. The number of halogens is 2. The van der Waals surface area contributed by atoms with Crippen LogP contribution in [0.4, 0.5) is 4.39 Å². The van der Waals surface area contributed by atoms with Gasteiger partial charge < -0.3 is 10.1 Å². The molecule has 0 fully saturated rings. The van der Waals surface area contributed by atoms with Gasteiger partial charge in [-0.25, -0.2) is 4.39 Å². The maximum absolute atomic E-state index is 13.5. The lowest BCUT2D eigenvalue weighted by Crippen LogP contribution is -2.08. The molecule has 0 heterocycles. The van der Waals surface area contributed by atoms with Gasteiger partial charge in [-0.05, 0) is 19.2 Å². The van der Waals surface area contributed by atoms with E-state index in [0.717, 1.165) is 5.56 Å². The molecular formula is C15H15ClFNO. The van der Waals surface area contributed by atoms with Gasteiger partial charge in [0.15, 0.2) is 0 Å². The van der Waals surface area contributed by atoms with Gasteiger partial charge in [0.05, 0.1) is 5.02 Å². The molecule has 0 aliphatic heterocycles. The number of benzene rings is 2. The van der Waals surface area contributed by atoms with Crippen LogP contribution in [0.3, 0.4) is 0 Å². The Morgan fingerprint density at radius 2 is 1.84 bits per heavy atom.